The number of nitrogens with zero attached hydrogens (tertiary/aromatic N) is 1. The number of allylic oxidation sites excluding steroid dienone is 1. The number of hydrogen-bond acceptors (Lipinski definition) is 7. The Labute approximate surface area is 246 Å². The molecule has 5 atom stereocenters. The summed E-state index contributed by atoms with van der Waals surface area (Å²) in [5.41, 5.74) is 1.60. The Morgan fingerprint density at radius 1 is 1.28 bits per heavy atom. The minimum Gasteiger partial charge on any atom is -0.457 e. The first-order chi connectivity index (χ1) is 15.8. The summed E-state index contributed by atoms with van der Waals surface area (Å²) in [6.07, 6.45) is 4.20. The smallest absolute Gasteiger partial charge is 0.309 e. The molecule has 0 bridgehead atoms. The quantitative estimate of drug-likeness (QED) is 0.197. The van der Waals surface area contributed by atoms with Crippen molar-refractivity contribution in [3.63, 3.8) is 0 Å². The number of aromatic nitrogens is 1. The predicted octanol–water partition coefficient (Wildman–Crippen LogP) is 4.76. The van der Waals surface area contributed by atoms with Crippen molar-refractivity contribution in [3.8, 4) is 0 Å². The third kappa shape index (κ3) is 9.80. The molecule has 1 aliphatic heterocycles. The number of rotatable bonds is 2. The minimum atomic E-state index is -1.22. The topological polar surface area (TPSA) is 96.7 Å². The van der Waals surface area contributed by atoms with Gasteiger partial charge in [0.25, 0.3) is 0 Å². The number of Topliss-reactive ketones (excluding diaryl/α,β-unsaturated/α-hetero) is 1. The second-order valence-electron chi connectivity index (χ2n) is 10.3. The van der Waals surface area contributed by atoms with Gasteiger partial charge >= 0.3 is 5.97 Å². The summed E-state index contributed by atoms with van der Waals surface area (Å²) in [4.78, 5) is 30.3. The van der Waals surface area contributed by atoms with E-state index in [1.165, 1.54) is 16.9 Å². The molecule has 0 fully saturated rings. The summed E-state index contributed by atoms with van der Waals surface area (Å²) < 4.78 is 5.79. The van der Waals surface area contributed by atoms with Crippen LogP contribution in [0.2, 0.25) is 0 Å². The van der Waals surface area contributed by atoms with Gasteiger partial charge < -0.3 is 21.9 Å². The molecule has 0 aliphatic carbocycles. The van der Waals surface area contributed by atoms with Gasteiger partial charge in [0, 0.05) is 57.2 Å². The first-order valence-electron chi connectivity index (χ1n) is 12.0. The van der Waals surface area contributed by atoms with Gasteiger partial charge in [-0.3, -0.25) is 14.6 Å². The molecule has 1 aromatic rings. The van der Waals surface area contributed by atoms with E-state index < -0.39 is 35.6 Å². The van der Waals surface area contributed by atoms with E-state index in [2.05, 4.69) is 24.9 Å². The number of carbonyl (C=O) groups excluding carboxylic acids is 2. The van der Waals surface area contributed by atoms with Crippen molar-refractivity contribution in [2.24, 2.45) is 17.3 Å². The molecule has 0 unspecified atom stereocenters. The average Bonchev–Trinajstić information content (AvgIpc) is 3.18. The number of hydrogen-bond donors (Lipinski definition) is 2. The van der Waals surface area contributed by atoms with Crippen molar-refractivity contribution >= 4 is 37.6 Å². The van der Waals surface area contributed by atoms with Crippen LogP contribution in [-0.4, -0.2) is 53.7 Å². The number of carbonyl (C=O) groups is 2. The van der Waals surface area contributed by atoms with E-state index in [4.69, 9.17) is 4.74 Å². The normalized spacial score (nSPS) is 30.3. The van der Waals surface area contributed by atoms with E-state index >= 15 is 0 Å². The van der Waals surface area contributed by atoms with Crippen LogP contribution in [0.5, 0.6) is 0 Å². The molecule has 0 saturated heterocycles. The fourth-order valence-corrected chi connectivity index (χ4v) is 4.88. The Bertz CT molecular complexity index is 929. The number of aliphatic hydroxyl groups excluding tert-OH is 2. The summed E-state index contributed by atoms with van der Waals surface area (Å²) in [7, 11) is 0. The number of ketones is 1. The van der Waals surface area contributed by atoms with Crippen molar-refractivity contribution in [2.75, 3.05) is 0 Å². The summed E-state index contributed by atoms with van der Waals surface area (Å²) in [6, 6.07) is 0. The predicted molar refractivity (Wildman–Crippen MR) is 142 cm³/mol. The van der Waals surface area contributed by atoms with Crippen LogP contribution in [0.25, 0.3) is 6.08 Å². The Hall–Kier alpha value is -0.843. The Balaban J connectivity index is 0.00000612. The molecule has 3 radical (unpaired) electrons. The minimum absolute atomic E-state index is 0. The average molecular weight is 740 g/mol. The van der Waals surface area contributed by atoms with E-state index in [0.29, 0.717) is 11.4 Å². The van der Waals surface area contributed by atoms with Crippen molar-refractivity contribution in [1.29, 1.82) is 0 Å². The van der Waals surface area contributed by atoms with Gasteiger partial charge in [0.2, 0.25) is 0 Å². The third-order valence-electron chi connectivity index (χ3n) is 6.97. The number of esters is 1. The first-order valence-corrected chi connectivity index (χ1v) is 12.9. The van der Waals surface area contributed by atoms with E-state index in [1.807, 2.05) is 25.3 Å². The van der Waals surface area contributed by atoms with Crippen LogP contribution in [0, 0.1) is 55.3 Å². The van der Waals surface area contributed by atoms with Gasteiger partial charge in [-0.2, -0.15) is 11.3 Å². The molecule has 2 rings (SSSR count). The van der Waals surface area contributed by atoms with Gasteiger partial charge in [-0.1, -0.05) is 39.3 Å². The van der Waals surface area contributed by atoms with Gasteiger partial charge in [-0.15, -0.1) is 0 Å². The van der Waals surface area contributed by atoms with Gasteiger partial charge in [-0.05, 0) is 55.7 Å². The molecule has 9 heteroatoms. The Morgan fingerprint density at radius 2 is 1.92 bits per heavy atom. The Kier molecular flexibility index (Phi) is 15.2. The molecular weight excluding hydrogens is 699 g/mol. The second kappa shape index (κ2) is 15.5. The fourth-order valence-electron chi connectivity index (χ4n) is 4.35. The molecule has 0 saturated carbocycles. The maximum atomic E-state index is 13.2. The van der Waals surface area contributed by atoms with Crippen LogP contribution in [0.1, 0.15) is 84.3 Å². The van der Waals surface area contributed by atoms with Crippen LogP contribution in [0.15, 0.2) is 22.6 Å². The second-order valence-corrected chi connectivity index (χ2v) is 11.2. The van der Waals surface area contributed by atoms with Crippen molar-refractivity contribution in [2.45, 2.75) is 92.0 Å². The largest absolute Gasteiger partial charge is 0.457 e. The number of thiazole rings is 1. The van der Waals surface area contributed by atoms with Crippen molar-refractivity contribution in [3.05, 3.63) is 40.2 Å². The van der Waals surface area contributed by atoms with E-state index in [0.717, 1.165) is 30.5 Å². The molecule has 6 nitrogen and oxygen atoms in total. The first kappa shape index (κ1) is 35.2. The third-order valence-corrected chi connectivity index (χ3v) is 7.70. The zero-order valence-corrected chi connectivity index (χ0v) is 27.4. The van der Waals surface area contributed by atoms with Crippen LogP contribution >= 0.6 is 11.3 Å². The molecule has 0 spiro atoms. The zero-order valence-electron chi connectivity index (χ0n) is 22.4. The van der Waals surface area contributed by atoms with Gasteiger partial charge in [0.05, 0.1) is 29.7 Å². The summed E-state index contributed by atoms with van der Waals surface area (Å²) in [6.45, 7) is 14.7. The van der Waals surface area contributed by atoms with Gasteiger partial charge in [0.15, 0.2) is 0 Å². The summed E-state index contributed by atoms with van der Waals surface area (Å²) >= 11 is 1.45. The number of aliphatic hydroxyl groups is 2. The van der Waals surface area contributed by atoms with E-state index in [1.54, 1.807) is 20.8 Å². The molecule has 2 heterocycles. The van der Waals surface area contributed by atoms with Crippen LogP contribution < -0.4 is 0 Å². The van der Waals surface area contributed by atoms with E-state index in [-0.39, 0.29) is 57.6 Å². The molecule has 36 heavy (non-hydrogen) atoms. The molecule has 0 aromatic carbocycles. The molecule has 2 N–H and O–H groups in total. The number of ether oxygens (including phenoxy) is 1. The monoisotopic (exact) mass is 739 g/mol. The maximum absolute atomic E-state index is 13.2. The number of cyclic esters (lactones) is 1. The Morgan fingerprint density at radius 3 is 2.50 bits per heavy atom. The standard InChI is InChI=1S/C27H40NO5S.B.U/c1-16-9-8-10-17(2)25(31)19(4)26(32)27(6,7)23(29)14-24(30)33-22(12-11-16)18(3)13-21-15-34-20(5)28-21;;/h11,13,15,17,19,22-23,25,29,31H,5,8-10,12,14H2,1-4,6-7H3;;/q-1;;/b16-11-,18-13+;;/t17-,19+,22-,23-,25-;;/m0../s1. The van der Waals surface area contributed by atoms with Crippen LogP contribution in [-0.2, 0) is 14.3 Å². The van der Waals surface area contributed by atoms with Gasteiger partial charge in [0.1, 0.15) is 11.9 Å². The van der Waals surface area contributed by atoms with Crippen LogP contribution in [0.4, 0.5) is 0 Å². The maximum Gasteiger partial charge on any atom is 0.309 e. The summed E-state index contributed by atoms with van der Waals surface area (Å²) in [5, 5.41) is 24.2. The zero-order chi connectivity index (χ0) is 25.6. The summed E-state index contributed by atoms with van der Waals surface area (Å²) in [5.74, 6) is -1.52. The van der Waals surface area contributed by atoms with E-state index in [9.17, 15) is 19.8 Å². The molecule has 1 aliphatic rings. The SMILES string of the molecule is [B].[CH2-]c1nc(/C=C(\C)[C@@H]2C/C=C(/C)CCC[C@H](C)[C@H](O)[C@@H](C)C(=O)C(C)(C)[C@@H](O)CC(=O)O2)cs1.[U]. The molecule has 1 aromatic heterocycles. The van der Waals surface area contributed by atoms with Crippen molar-refractivity contribution in [1.82, 2.24) is 4.98 Å². The molecule has 197 valence electrons. The van der Waals surface area contributed by atoms with Crippen LogP contribution in [0.3, 0.4) is 0 Å². The molecular formula is C27H40BNO5SU-. The van der Waals surface area contributed by atoms with Gasteiger partial charge in [-0.25, -0.2) is 0 Å². The van der Waals surface area contributed by atoms with Crippen molar-refractivity contribution < 1.29 is 55.7 Å². The molecule has 0 amide bonds. The fraction of sp³-hybridized carbons (Fsp3) is 0.630.